The van der Waals surface area contributed by atoms with Crippen LogP contribution in [0.1, 0.15) is 52.0 Å². The summed E-state index contributed by atoms with van der Waals surface area (Å²) in [5.74, 6) is 1.27. The monoisotopic (exact) mass is 439 g/mol. The molecule has 8 heteroatoms. The molecule has 31 heavy (non-hydrogen) atoms. The molecule has 0 bridgehead atoms. The second kappa shape index (κ2) is 9.68. The molecule has 7 nitrogen and oxygen atoms in total. The molecule has 1 amide bonds. The summed E-state index contributed by atoms with van der Waals surface area (Å²) in [4.78, 5) is 30.4. The number of aromatic nitrogens is 4. The number of nitrogens with one attached hydrogen (secondary N) is 1. The molecule has 0 saturated heterocycles. The SMILES string of the molecule is CC(C)CCn1c(SCC(=O)Nc2ccnn2C2CCCC2)nc2ccccc2c1=O. The molecule has 1 aliphatic rings. The maximum Gasteiger partial charge on any atom is 0.262 e. The van der Waals surface area contributed by atoms with Gasteiger partial charge in [-0.2, -0.15) is 5.10 Å². The maximum atomic E-state index is 13.1. The fourth-order valence-electron chi connectivity index (χ4n) is 4.00. The molecule has 0 aliphatic heterocycles. The predicted octanol–water partition coefficient (Wildman–Crippen LogP) is 4.49. The molecule has 2 heterocycles. The summed E-state index contributed by atoms with van der Waals surface area (Å²) in [6, 6.07) is 9.58. The van der Waals surface area contributed by atoms with Gasteiger partial charge in [0.1, 0.15) is 5.82 Å². The Morgan fingerprint density at radius 3 is 2.77 bits per heavy atom. The first-order valence-electron chi connectivity index (χ1n) is 11.0. The molecular weight excluding hydrogens is 410 g/mol. The van der Waals surface area contributed by atoms with Crippen molar-refractivity contribution in [2.75, 3.05) is 11.1 Å². The Morgan fingerprint density at radius 1 is 1.23 bits per heavy atom. The zero-order valence-electron chi connectivity index (χ0n) is 18.1. The van der Waals surface area contributed by atoms with E-state index < -0.39 is 0 Å². The molecule has 0 spiro atoms. The Morgan fingerprint density at radius 2 is 2.00 bits per heavy atom. The van der Waals surface area contributed by atoms with Gasteiger partial charge in [0.15, 0.2) is 5.16 Å². The third-order valence-corrected chi connectivity index (χ3v) is 6.67. The Hall–Kier alpha value is -2.61. The van der Waals surface area contributed by atoms with E-state index in [1.54, 1.807) is 10.8 Å². The van der Waals surface area contributed by atoms with Crippen LogP contribution in [-0.4, -0.2) is 31.0 Å². The fourth-order valence-corrected chi connectivity index (χ4v) is 4.83. The van der Waals surface area contributed by atoms with Crippen molar-refractivity contribution < 1.29 is 4.79 Å². The van der Waals surface area contributed by atoms with Gasteiger partial charge in [-0.05, 0) is 37.3 Å². The lowest BCUT2D eigenvalue weighted by Gasteiger charge is -2.15. The van der Waals surface area contributed by atoms with Gasteiger partial charge in [0.2, 0.25) is 5.91 Å². The Bertz CT molecular complexity index is 1110. The number of hydrogen-bond acceptors (Lipinski definition) is 5. The van der Waals surface area contributed by atoms with Crippen molar-refractivity contribution in [2.24, 2.45) is 5.92 Å². The quantitative estimate of drug-likeness (QED) is 0.413. The van der Waals surface area contributed by atoms with E-state index in [4.69, 9.17) is 4.98 Å². The molecule has 4 rings (SSSR count). The van der Waals surface area contributed by atoms with Gasteiger partial charge in [-0.3, -0.25) is 14.2 Å². The average Bonchev–Trinajstić information content (AvgIpc) is 3.43. The van der Waals surface area contributed by atoms with Gasteiger partial charge in [0, 0.05) is 12.6 Å². The number of fused-ring (bicyclic) bond motifs is 1. The van der Waals surface area contributed by atoms with E-state index in [1.807, 2.05) is 35.0 Å². The van der Waals surface area contributed by atoms with Gasteiger partial charge in [-0.15, -0.1) is 0 Å². The highest BCUT2D eigenvalue weighted by Gasteiger charge is 2.21. The highest BCUT2D eigenvalue weighted by atomic mass is 32.2. The number of thioether (sulfide) groups is 1. The first-order valence-corrected chi connectivity index (χ1v) is 12.0. The molecule has 1 aliphatic carbocycles. The van der Waals surface area contributed by atoms with E-state index in [9.17, 15) is 9.59 Å². The highest BCUT2D eigenvalue weighted by Crippen LogP contribution is 2.31. The van der Waals surface area contributed by atoms with Crippen LogP contribution in [-0.2, 0) is 11.3 Å². The van der Waals surface area contributed by atoms with Crippen molar-refractivity contribution in [2.45, 2.75) is 63.7 Å². The van der Waals surface area contributed by atoms with Crippen molar-refractivity contribution in [3.63, 3.8) is 0 Å². The summed E-state index contributed by atoms with van der Waals surface area (Å²) in [6.07, 6.45) is 7.21. The summed E-state index contributed by atoms with van der Waals surface area (Å²) in [6.45, 7) is 4.85. The number of carbonyl (C=O) groups excluding carboxylic acids is 1. The Labute approximate surface area is 186 Å². The van der Waals surface area contributed by atoms with Crippen molar-refractivity contribution in [1.82, 2.24) is 19.3 Å². The molecule has 2 aromatic heterocycles. The number of para-hydroxylation sites is 1. The molecule has 164 valence electrons. The van der Waals surface area contributed by atoms with Gasteiger partial charge in [0.05, 0.1) is 28.9 Å². The largest absolute Gasteiger partial charge is 0.310 e. The molecule has 0 unspecified atom stereocenters. The van der Waals surface area contributed by atoms with Gasteiger partial charge >= 0.3 is 0 Å². The minimum Gasteiger partial charge on any atom is -0.310 e. The normalized spacial score (nSPS) is 14.5. The topological polar surface area (TPSA) is 81.8 Å². The van der Waals surface area contributed by atoms with E-state index in [0.29, 0.717) is 34.6 Å². The lowest BCUT2D eigenvalue weighted by Crippen LogP contribution is -2.25. The molecule has 1 aromatic carbocycles. The van der Waals surface area contributed by atoms with Crippen LogP contribution in [0, 0.1) is 5.92 Å². The standard InChI is InChI=1S/C23H29N5O2S/c1-16(2)12-14-27-22(30)18-9-5-6-10-19(18)25-23(27)31-15-21(29)26-20-11-13-24-28(20)17-7-3-4-8-17/h5-6,9-11,13,16-17H,3-4,7-8,12,14-15H2,1-2H3,(H,26,29). The number of hydrogen-bond donors (Lipinski definition) is 1. The molecule has 3 aromatic rings. The lowest BCUT2D eigenvalue weighted by molar-refractivity contribution is -0.113. The molecule has 0 radical (unpaired) electrons. The van der Waals surface area contributed by atoms with Crippen molar-refractivity contribution in [3.05, 3.63) is 46.9 Å². The minimum atomic E-state index is -0.123. The van der Waals surface area contributed by atoms with E-state index in [0.717, 1.165) is 25.1 Å². The van der Waals surface area contributed by atoms with Crippen molar-refractivity contribution in [1.29, 1.82) is 0 Å². The summed E-state index contributed by atoms with van der Waals surface area (Å²) >= 11 is 1.31. The number of amides is 1. The number of anilines is 1. The van der Waals surface area contributed by atoms with Crippen LogP contribution < -0.4 is 10.9 Å². The van der Waals surface area contributed by atoms with Crippen LogP contribution in [0.3, 0.4) is 0 Å². The van der Waals surface area contributed by atoms with Crippen molar-refractivity contribution >= 4 is 34.4 Å². The third kappa shape index (κ3) is 5.01. The zero-order valence-corrected chi connectivity index (χ0v) is 18.9. The summed E-state index contributed by atoms with van der Waals surface area (Å²) in [5.41, 5.74) is 0.615. The van der Waals surface area contributed by atoms with Crippen LogP contribution in [0.2, 0.25) is 0 Å². The van der Waals surface area contributed by atoms with Gasteiger partial charge < -0.3 is 5.32 Å². The number of rotatable bonds is 8. The van der Waals surface area contributed by atoms with Crippen LogP contribution in [0.4, 0.5) is 5.82 Å². The first-order chi connectivity index (χ1) is 15.0. The van der Waals surface area contributed by atoms with Crippen molar-refractivity contribution in [3.8, 4) is 0 Å². The molecule has 1 saturated carbocycles. The summed E-state index contributed by atoms with van der Waals surface area (Å²) < 4.78 is 3.64. The van der Waals surface area contributed by atoms with Gasteiger partial charge in [-0.1, -0.05) is 50.6 Å². The summed E-state index contributed by atoms with van der Waals surface area (Å²) in [7, 11) is 0. The van der Waals surface area contributed by atoms with E-state index in [1.165, 1.54) is 24.6 Å². The number of nitrogens with zero attached hydrogens (tertiary/aromatic N) is 4. The fraction of sp³-hybridized carbons (Fsp3) is 0.478. The molecule has 1 fully saturated rings. The maximum absolute atomic E-state index is 13.1. The number of benzene rings is 1. The third-order valence-electron chi connectivity index (χ3n) is 5.70. The van der Waals surface area contributed by atoms with E-state index >= 15 is 0 Å². The minimum absolute atomic E-state index is 0.0477. The zero-order chi connectivity index (χ0) is 21.8. The molecule has 0 atom stereocenters. The van der Waals surface area contributed by atoms with Crippen LogP contribution in [0.5, 0.6) is 0 Å². The van der Waals surface area contributed by atoms with Gasteiger partial charge in [-0.25, -0.2) is 9.67 Å². The van der Waals surface area contributed by atoms with E-state index in [2.05, 4.69) is 24.3 Å². The molecular formula is C23H29N5O2S. The average molecular weight is 440 g/mol. The lowest BCUT2D eigenvalue weighted by atomic mass is 10.1. The smallest absolute Gasteiger partial charge is 0.262 e. The van der Waals surface area contributed by atoms with Crippen LogP contribution in [0.25, 0.3) is 10.9 Å². The second-order valence-corrected chi connectivity index (χ2v) is 9.43. The van der Waals surface area contributed by atoms with E-state index in [-0.39, 0.29) is 17.2 Å². The second-order valence-electron chi connectivity index (χ2n) is 8.49. The first kappa shape index (κ1) is 21.6. The molecule has 1 N–H and O–H groups in total. The predicted molar refractivity (Wildman–Crippen MR) is 125 cm³/mol. The highest BCUT2D eigenvalue weighted by molar-refractivity contribution is 7.99. The summed E-state index contributed by atoms with van der Waals surface area (Å²) in [5, 5.41) is 8.59. The number of carbonyl (C=O) groups is 1. The van der Waals surface area contributed by atoms with Gasteiger partial charge in [0.25, 0.3) is 5.56 Å². The Balaban J connectivity index is 1.50. The van der Waals surface area contributed by atoms with Crippen LogP contribution in [0.15, 0.2) is 46.5 Å². The Kier molecular flexibility index (Phi) is 6.75. The van der Waals surface area contributed by atoms with Crippen LogP contribution >= 0.6 is 11.8 Å².